The van der Waals surface area contributed by atoms with Gasteiger partial charge in [-0.2, -0.15) is 10.3 Å². The van der Waals surface area contributed by atoms with Crippen molar-refractivity contribution in [2.45, 2.75) is 19.9 Å². The van der Waals surface area contributed by atoms with Gasteiger partial charge >= 0.3 is 0 Å². The largest absolute Gasteiger partial charge is 0.356 e. The van der Waals surface area contributed by atoms with E-state index in [1.165, 1.54) is 6.07 Å². The predicted octanol–water partition coefficient (Wildman–Crippen LogP) is 3.37. The van der Waals surface area contributed by atoms with E-state index in [-0.39, 0.29) is 11.9 Å². The van der Waals surface area contributed by atoms with Crippen LogP contribution in [0.2, 0.25) is 5.02 Å². The summed E-state index contributed by atoms with van der Waals surface area (Å²) in [5.41, 5.74) is 0.407. The van der Waals surface area contributed by atoms with Gasteiger partial charge in [0.15, 0.2) is 0 Å². The zero-order valence-electron chi connectivity index (χ0n) is 9.91. The topological polar surface area (TPSA) is 39.4 Å². The molecule has 0 aliphatic rings. The van der Waals surface area contributed by atoms with E-state index < -0.39 is 0 Å². The highest BCUT2D eigenvalue weighted by Crippen LogP contribution is 2.29. The minimum atomic E-state index is -0.360. The lowest BCUT2D eigenvalue weighted by Gasteiger charge is -2.27. The standard InChI is InChI=1S/C12H13ClFN3/c1-8(17(3)9(2)16-7-15)12-10(13)5-4-6-11(12)14/h4-6,8H,1-3H3. The molecule has 0 fully saturated rings. The van der Waals surface area contributed by atoms with Crippen LogP contribution < -0.4 is 0 Å². The second-order valence-electron chi connectivity index (χ2n) is 3.68. The van der Waals surface area contributed by atoms with Gasteiger partial charge in [-0.1, -0.05) is 17.7 Å². The van der Waals surface area contributed by atoms with Crippen LogP contribution in [0.15, 0.2) is 23.2 Å². The van der Waals surface area contributed by atoms with E-state index in [1.807, 2.05) is 0 Å². The van der Waals surface area contributed by atoms with Gasteiger partial charge in [0.25, 0.3) is 0 Å². The molecule has 0 aromatic heterocycles. The van der Waals surface area contributed by atoms with Crippen LogP contribution in [0.25, 0.3) is 0 Å². The van der Waals surface area contributed by atoms with E-state index in [4.69, 9.17) is 16.9 Å². The van der Waals surface area contributed by atoms with Crippen molar-refractivity contribution in [2.24, 2.45) is 4.99 Å². The molecule has 0 aliphatic carbocycles. The first-order valence-corrected chi connectivity index (χ1v) is 5.47. The van der Waals surface area contributed by atoms with Crippen LogP contribution in [0.4, 0.5) is 4.39 Å². The molecular formula is C12H13ClFN3. The molecule has 1 atom stereocenters. The van der Waals surface area contributed by atoms with Gasteiger partial charge in [0.05, 0.1) is 6.04 Å². The van der Waals surface area contributed by atoms with Crippen LogP contribution in [0, 0.1) is 17.3 Å². The summed E-state index contributed by atoms with van der Waals surface area (Å²) < 4.78 is 13.7. The number of rotatable bonds is 2. The number of halogens is 2. The van der Waals surface area contributed by atoms with E-state index in [0.29, 0.717) is 16.4 Å². The van der Waals surface area contributed by atoms with Gasteiger partial charge in [0.2, 0.25) is 6.19 Å². The summed E-state index contributed by atoms with van der Waals surface area (Å²) in [6.45, 7) is 3.50. The Bertz CT molecular complexity index is 459. The zero-order valence-corrected chi connectivity index (χ0v) is 10.7. The van der Waals surface area contributed by atoms with E-state index >= 15 is 0 Å². The monoisotopic (exact) mass is 253 g/mol. The second-order valence-corrected chi connectivity index (χ2v) is 4.09. The maximum Gasteiger partial charge on any atom is 0.207 e. The average Bonchev–Trinajstić information content (AvgIpc) is 2.27. The SMILES string of the molecule is CC(=NC#N)N(C)C(C)c1c(F)cccc1Cl. The van der Waals surface area contributed by atoms with Gasteiger partial charge in [0, 0.05) is 17.6 Å². The smallest absolute Gasteiger partial charge is 0.207 e. The first kappa shape index (κ1) is 13.5. The first-order chi connectivity index (χ1) is 7.99. The van der Waals surface area contributed by atoms with Gasteiger partial charge in [0.1, 0.15) is 11.7 Å². The van der Waals surface area contributed by atoms with E-state index in [1.54, 1.807) is 44.1 Å². The van der Waals surface area contributed by atoms with Crippen LogP contribution in [0.1, 0.15) is 25.5 Å². The normalized spacial score (nSPS) is 13.1. The van der Waals surface area contributed by atoms with Crippen LogP contribution in [0.5, 0.6) is 0 Å². The minimum absolute atomic E-state index is 0.291. The Balaban J connectivity index is 3.09. The molecule has 0 spiro atoms. The number of benzene rings is 1. The van der Waals surface area contributed by atoms with Gasteiger partial charge in [-0.3, -0.25) is 0 Å². The molecule has 17 heavy (non-hydrogen) atoms. The molecule has 0 saturated heterocycles. The fourth-order valence-electron chi connectivity index (χ4n) is 1.53. The van der Waals surface area contributed by atoms with E-state index in [0.717, 1.165) is 0 Å². The van der Waals surface area contributed by atoms with E-state index in [2.05, 4.69) is 4.99 Å². The Kier molecular flexibility index (Phi) is 4.47. The van der Waals surface area contributed by atoms with Gasteiger partial charge in [-0.15, -0.1) is 0 Å². The lowest BCUT2D eigenvalue weighted by molar-refractivity contribution is 0.387. The van der Waals surface area contributed by atoms with Crippen molar-refractivity contribution in [1.29, 1.82) is 5.26 Å². The van der Waals surface area contributed by atoms with Crippen molar-refractivity contribution in [3.63, 3.8) is 0 Å². The molecule has 3 nitrogen and oxygen atoms in total. The second kappa shape index (κ2) is 5.65. The maximum atomic E-state index is 13.7. The molecule has 0 bridgehead atoms. The summed E-state index contributed by atoms with van der Waals surface area (Å²) in [6.07, 6.45) is 1.70. The molecule has 1 aromatic carbocycles. The number of amidine groups is 1. The summed E-state index contributed by atoms with van der Waals surface area (Å²) in [4.78, 5) is 5.31. The number of hydrogen-bond donors (Lipinski definition) is 0. The van der Waals surface area contributed by atoms with Crippen molar-refractivity contribution in [3.8, 4) is 6.19 Å². The van der Waals surface area contributed by atoms with Crippen molar-refractivity contribution in [2.75, 3.05) is 7.05 Å². The van der Waals surface area contributed by atoms with Crippen LogP contribution >= 0.6 is 11.6 Å². The molecule has 1 aromatic rings. The number of nitrogens with zero attached hydrogens (tertiary/aromatic N) is 3. The van der Waals surface area contributed by atoms with Gasteiger partial charge in [-0.05, 0) is 26.0 Å². The molecule has 0 heterocycles. The average molecular weight is 254 g/mol. The number of hydrogen-bond acceptors (Lipinski definition) is 2. The maximum absolute atomic E-state index is 13.7. The van der Waals surface area contributed by atoms with Crippen LogP contribution in [-0.4, -0.2) is 17.8 Å². The number of aliphatic imine (C=N–C) groups is 1. The van der Waals surface area contributed by atoms with Crippen molar-refractivity contribution in [1.82, 2.24) is 4.90 Å². The molecule has 1 unspecified atom stereocenters. The summed E-state index contributed by atoms with van der Waals surface area (Å²) in [5, 5.41) is 8.85. The van der Waals surface area contributed by atoms with Gasteiger partial charge < -0.3 is 4.90 Å². The third kappa shape index (κ3) is 2.95. The zero-order chi connectivity index (χ0) is 13.0. The Hall–Kier alpha value is -1.60. The summed E-state index contributed by atoms with van der Waals surface area (Å²) in [6, 6.07) is 4.27. The Morgan fingerprint density at radius 2 is 2.24 bits per heavy atom. The summed E-state index contributed by atoms with van der Waals surface area (Å²) in [5.74, 6) is 0.154. The third-order valence-electron chi connectivity index (χ3n) is 2.72. The molecule has 0 radical (unpaired) electrons. The van der Waals surface area contributed by atoms with E-state index in [9.17, 15) is 4.39 Å². The molecule has 0 saturated carbocycles. The third-order valence-corrected chi connectivity index (χ3v) is 3.05. The molecule has 90 valence electrons. The predicted molar refractivity (Wildman–Crippen MR) is 66.3 cm³/mol. The lowest BCUT2D eigenvalue weighted by atomic mass is 10.1. The van der Waals surface area contributed by atoms with Crippen molar-refractivity contribution in [3.05, 3.63) is 34.6 Å². The van der Waals surface area contributed by atoms with Crippen molar-refractivity contribution >= 4 is 17.4 Å². The highest BCUT2D eigenvalue weighted by Gasteiger charge is 2.19. The quantitative estimate of drug-likeness (QED) is 0.461. The van der Waals surface area contributed by atoms with Crippen LogP contribution in [0.3, 0.4) is 0 Å². The number of nitriles is 1. The first-order valence-electron chi connectivity index (χ1n) is 5.09. The molecule has 1 rings (SSSR count). The van der Waals surface area contributed by atoms with Crippen LogP contribution in [-0.2, 0) is 0 Å². The molecule has 5 heteroatoms. The summed E-state index contributed by atoms with van der Waals surface area (Å²) in [7, 11) is 1.74. The Labute approximate surface area is 105 Å². The fourth-order valence-corrected chi connectivity index (χ4v) is 1.86. The Morgan fingerprint density at radius 1 is 1.59 bits per heavy atom. The van der Waals surface area contributed by atoms with Gasteiger partial charge in [-0.25, -0.2) is 4.39 Å². The summed E-state index contributed by atoms with van der Waals surface area (Å²) >= 11 is 5.98. The highest BCUT2D eigenvalue weighted by atomic mass is 35.5. The Morgan fingerprint density at radius 3 is 2.76 bits per heavy atom. The molecular weight excluding hydrogens is 241 g/mol. The van der Waals surface area contributed by atoms with Crippen molar-refractivity contribution < 1.29 is 4.39 Å². The molecule has 0 aliphatic heterocycles. The lowest BCUT2D eigenvalue weighted by Crippen LogP contribution is -2.28. The molecule has 0 N–H and O–H groups in total. The molecule has 0 amide bonds. The fraction of sp³-hybridized carbons (Fsp3) is 0.333. The minimum Gasteiger partial charge on any atom is -0.356 e. The highest BCUT2D eigenvalue weighted by molar-refractivity contribution is 6.31.